The van der Waals surface area contributed by atoms with Gasteiger partial charge in [0.2, 0.25) is 0 Å². The molecule has 0 aromatic carbocycles. The van der Waals surface area contributed by atoms with Crippen LogP contribution in [0.5, 0.6) is 0 Å². The molecule has 0 aliphatic carbocycles. The van der Waals surface area contributed by atoms with E-state index in [1.165, 1.54) is 0 Å². The molecule has 0 aliphatic heterocycles. The maximum atomic E-state index is 10.5. The van der Waals surface area contributed by atoms with Gasteiger partial charge in [-0.3, -0.25) is 4.79 Å². The summed E-state index contributed by atoms with van der Waals surface area (Å²) in [5, 5.41) is 16.1. The minimum Gasteiger partial charge on any atom is -0.481 e. The molecule has 0 amide bonds. The number of carboxylic acid groups (broad SMARTS) is 2. The summed E-state index contributed by atoms with van der Waals surface area (Å²) in [5.74, 6) is -1.67. The summed E-state index contributed by atoms with van der Waals surface area (Å²) in [5.41, 5.74) is 1.30. The molecule has 0 aromatic heterocycles. The Balaban J connectivity index is 0. The molecule has 15 heavy (non-hydrogen) atoms. The van der Waals surface area contributed by atoms with Crippen molar-refractivity contribution in [3.63, 3.8) is 0 Å². The number of rotatable bonds is 3. The smallest absolute Gasteiger partial charge is 0.333 e. The Labute approximate surface area is 90.0 Å². The lowest BCUT2D eigenvalue weighted by molar-refractivity contribution is -0.134. The van der Waals surface area contributed by atoms with Crippen LogP contribution in [0.3, 0.4) is 0 Å². The fraction of sp³-hybridized carbons (Fsp3) is 0.600. The molecule has 5 nitrogen and oxygen atoms in total. The van der Waals surface area contributed by atoms with Crippen molar-refractivity contribution >= 4 is 11.9 Å². The maximum Gasteiger partial charge on any atom is 0.333 e. The van der Waals surface area contributed by atoms with Crippen LogP contribution in [0, 0.1) is 0 Å². The van der Waals surface area contributed by atoms with Crippen molar-refractivity contribution in [2.45, 2.75) is 27.2 Å². The fourth-order valence-electron chi connectivity index (χ4n) is 1.04. The van der Waals surface area contributed by atoms with Crippen LogP contribution in [0.2, 0.25) is 0 Å². The second-order valence-electron chi connectivity index (χ2n) is 3.14. The fourth-order valence-corrected chi connectivity index (χ4v) is 1.04. The van der Waals surface area contributed by atoms with Crippen LogP contribution >= 0.6 is 0 Å². The molecular formula is C10H19NO4. The number of nitrogens with zero attached hydrogens (tertiary/aromatic N) is 1. The minimum atomic E-state index is -0.837. The van der Waals surface area contributed by atoms with Gasteiger partial charge in [-0.25, -0.2) is 4.79 Å². The van der Waals surface area contributed by atoms with Gasteiger partial charge < -0.3 is 15.1 Å². The Morgan fingerprint density at radius 1 is 1.13 bits per heavy atom. The van der Waals surface area contributed by atoms with E-state index in [0.29, 0.717) is 5.57 Å². The largest absolute Gasteiger partial charge is 0.481 e. The molecule has 0 atom stereocenters. The van der Waals surface area contributed by atoms with Crippen molar-refractivity contribution in [3.05, 3.63) is 11.3 Å². The van der Waals surface area contributed by atoms with Gasteiger partial charge in [0, 0.05) is 26.7 Å². The zero-order valence-corrected chi connectivity index (χ0v) is 9.87. The molecule has 0 spiro atoms. The van der Waals surface area contributed by atoms with E-state index in [9.17, 15) is 4.79 Å². The first-order valence-corrected chi connectivity index (χ1v) is 4.53. The number of allylic oxidation sites excluding steroid dienone is 1. The predicted octanol–water partition coefficient (Wildman–Crippen LogP) is 1.41. The molecule has 0 saturated carbocycles. The van der Waals surface area contributed by atoms with E-state index >= 15 is 0 Å². The quantitative estimate of drug-likeness (QED) is 0.699. The molecular weight excluding hydrogens is 198 g/mol. The summed E-state index contributed by atoms with van der Waals surface area (Å²) < 4.78 is 0. The van der Waals surface area contributed by atoms with Crippen LogP contribution in [0.4, 0.5) is 0 Å². The first kappa shape index (κ1) is 15.9. The monoisotopic (exact) mass is 217 g/mol. The minimum absolute atomic E-state index is 0.428. The van der Waals surface area contributed by atoms with Crippen molar-refractivity contribution in [2.24, 2.45) is 0 Å². The number of carbonyl (C=O) groups is 2. The second kappa shape index (κ2) is 7.84. The van der Waals surface area contributed by atoms with Gasteiger partial charge in [-0.2, -0.15) is 0 Å². The van der Waals surface area contributed by atoms with Crippen molar-refractivity contribution in [2.75, 3.05) is 14.1 Å². The van der Waals surface area contributed by atoms with E-state index in [1.807, 2.05) is 25.9 Å². The second-order valence-corrected chi connectivity index (χ2v) is 3.14. The Hall–Kier alpha value is -1.52. The first-order chi connectivity index (χ1) is 6.73. The maximum absolute atomic E-state index is 10.5. The molecule has 2 N–H and O–H groups in total. The molecule has 0 rings (SSSR count). The topological polar surface area (TPSA) is 77.8 Å². The number of hydrogen-bond donors (Lipinski definition) is 2. The van der Waals surface area contributed by atoms with Gasteiger partial charge >= 0.3 is 5.97 Å². The average Bonchev–Trinajstić information content (AvgIpc) is 2.03. The van der Waals surface area contributed by atoms with E-state index in [4.69, 9.17) is 15.0 Å². The Morgan fingerprint density at radius 2 is 1.47 bits per heavy atom. The van der Waals surface area contributed by atoms with Crippen LogP contribution < -0.4 is 0 Å². The zero-order valence-electron chi connectivity index (χ0n) is 9.87. The Morgan fingerprint density at radius 3 is 1.53 bits per heavy atom. The Bertz CT molecular complexity index is 252. The highest BCUT2D eigenvalue weighted by molar-refractivity contribution is 5.86. The lowest BCUT2D eigenvalue weighted by atomic mass is 10.2. The molecule has 0 fully saturated rings. The number of hydrogen-bond acceptors (Lipinski definition) is 3. The highest BCUT2D eigenvalue weighted by Crippen LogP contribution is 2.10. The van der Waals surface area contributed by atoms with Gasteiger partial charge in [0.15, 0.2) is 0 Å². The van der Waals surface area contributed by atoms with E-state index in [1.54, 1.807) is 6.92 Å². The van der Waals surface area contributed by atoms with Crippen molar-refractivity contribution in [1.82, 2.24) is 4.90 Å². The van der Waals surface area contributed by atoms with E-state index in [0.717, 1.165) is 19.0 Å². The van der Waals surface area contributed by atoms with Gasteiger partial charge in [-0.1, -0.05) is 6.92 Å². The average molecular weight is 217 g/mol. The van der Waals surface area contributed by atoms with Gasteiger partial charge in [-0.05, 0) is 13.3 Å². The van der Waals surface area contributed by atoms with Crippen molar-refractivity contribution in [1.29, 1.82) is 0 Å². The first-order valence-electron chi connectivity index (χ1n) is 4.53. The Kier molecular flexibility index (Phi) is 8.33. The lowest BCUT2D eigenvalue weighted by Gasteiger charge is -2.17. The van der Waals surface area contributed by atoms with Crippen LogP contribution in [-0.4, -0.2) is 41.1 Å². The summed E-state index contributed by atoms with van der Waals surface area (Å²) >= 11 is 0. The van der Waals surface area contributed by atoms with Gasteiger partial charge in [0.05, 0.1) is 5.57 Å². The predicted molar refractivity (Wildman–Crippen MR) is 57.6 cm³/mol. The van der Waals surface area contributed by atoms with Gasteiger partial charge in [-0.15, -0.1) is 0 Å². The molecule has 0 aliphatic rings. The molecule has 88 valence electrons. The van der Waals surface area contributed by atoms with E-state index in [2.05, 4.69) is 0 Å². The van der Waals surface area contributed by atoms with Crippen LogP contribution in [0.1, 0.15) is 27.2 Å². The third-order valence-electron chi connectivity index (χ3n) is 1.63. The van der Waals surface area contributed by atoms with Crippen molar-refractivity contribution < 1.29 is 19.8 Å². The van der Waals surface area contributed by atoms with Crippen LogP contribution in [0.25, 0.3) is 0 Å². The molecule has 0 bridgehead atoms. The van der Waals surface area contributed by atoms with Gasteiger partial charge in [0.1, 0.15) is 0 Å². The van der Waals surface area contributed by atoms with Crippen LogP contribution in [-0.2, 0) is 9.59 Å². The highest BCUT2D eigenvalue weighted by Gasteiger charge is 2.08. The third kappa shape index (κ3) is 8.80. The van der Waals surface area contributed by atoms with Gasteiger partial charge in [0.25, 0.3) is 5.97 Å². The molecule has 0 saturated heterocycles. The SMILES string of the molecule is CC(=O)O.CC/C(=C(/C)C(=O)O)N(C)C. The number of aliphatic carboxylic acids is 2. The summed E-state index contributed by atoms with van der Waals surface area (Å²) in [6.07, 6.45) is 0.755. The molecule has 0 aromatic rings. The van der Waals surface area contributed by atoms with Crippen LogP contribution in [0.15, 0.2) is 11.3 Å². The normalized spacial score (nSPS) is 10.7. The molecule has 5 heteroatoms. The zero-order chi connectivity index (χ0) is 12.6. The molecule has 0 heterocycles. The highest BCUT2D eigenvalue weighted by atomic mass is 16.4. The summed E-state index contributed by atoms with van der Waals surface area (Å²) in [7, 11) is 3.70. The molecule has 0 radical (unpaired) electrons. The summed E-state index contributed by atoms with van der Waals surface area (Å²) in [6, 6.07) is 0. The molecule has 0 unspecified atom stereocenters. The van der Waals surface area contributed by atoms with Crippen molar-refractivity contribution in [3.8, 4) is 0 Å². The van der Waals surface area contributed by atoms with E-state index < -0.39 is 11.9 Å². The number of carboxylic acids is 2. The third-order valence-corrected chi connectivity index (χ3v) is 1.63. The summed E-state index contributed by atoms with van der Waals surface area (Å²) in [6.45, 7) is 4.66. The standard InChI is InChI=1S/C8H15NO2.C2H4O2/c1-5-7(9(3)4)6(2)8(10)11;1-2(3)4/h5H2,1-4H3,(H,10,11);1H3,(H,3,4)/b7-6+;. The van der Waals surface area contributed by atoms with E-state index in [-0.39, 0.29) is 0 Å². The lowest BCUT2D eigenvalue weighted by Crippen LogP contribution is -2.15. The summed E-state index contributed by atoms with van der Waals surface area (Å²) in [4.78, 5) is 21.4.